The molecule has 3 aromatic rings. The van der Waals surface area contributed by atoms with Crippen LogP contribution >= 0.6 is 0 Å². The van der Waals surface area contributed by atoms with Crippen molar-refractivity contribution in [3.63, 3.8) is 0 Å². The first kappa shape index (κ1) is 9.85. The average Bonchev–Trinajstić information content (AvgIpc) is 3.05. The Hall–Kier alpha value is -2.14. The number of hydrogen-bond donors (Lipinski definition) is 2. The van der Waals surface area contributed by atoms with E-state index >= 15 is 0 Å². The molecule has 0 bridgehead atoms. The molecule has 1 unspecified atom stereocenters. The lowest BCUT2D eigenvalue weighted by Gasteiger charge is -2.23. The highest BCUT2D eigenvalue weighted by Crippen LogP contribution is 2.29. The summed E-state index contributed by atoms with van der Waals surface area (Å²) in [7, 11) is 0. The van der Waals surface area contributed by atoms with E-state index in [1.807, 2.05) is 0 Å². The normalized spacial score (nSPS) is 19.0. The van der Waals surface area contributed by atoms with Gasteiger partial charge in [-0.15, -0.1) is 0 Å². The molecule has 18 heavy (non-hydrogen) atoms. The van der Waals surface area contributed by atoms with Crippen LogP contribution in [0, 0.1) is 0 Å². The Balaban J connectivity index is 1.94. The monoisotopic (exact) mass is 239 g/mol. The molecule has 0 fully saturated rings. The first-order valence-electron chi connectivity index (χ1n) is 6.12. The first-order valence-corrected chi connectivity index (χ1v) is 6.12. The minimum atomic E-state index is 0.0103. The van der Waals surface area contributed by atoms with Gasteiger partial charge in [0.25, 0.3) is 0 Å². The molecule has 0 spiro atoms. The topological polar surface area (TPSA) is 58.5 Å². The van der Waals surface area contributed by atoms with E-state index in [9.17, 15) is 0 Å². The van der Waals surface area contributed by atoms with Crippen LogP contribution < -0.4 is 5.32 Å². The van der Waals surface area contributed by atoms with Crippen LogP contribution in [-0.2, 0) is 6.42 Å². The highest BCUT2D eigenvalue weighted by Gasteiger charge is 2.25. The van der Waals surface area contributed by atoms with Gasteiger partial charge >= 0.3 is 0 Å². The van der Waals surface area contributed by atoms with Gasteiger partial charge in [0.1, 0.15) is 0 Å². The van der Waals surface area contributed by atoms with E-state index in [4.69, 9.17) is 0 Å². The number of rotatable bonds is 1. The number of hydrogen-bond acceptors (Lipinski definition) is 3. The van der Waals surface area contributed by atoms with Gasteiger partial charge in [0.2, 0.25) is 0 Å². The lowest BCUT2D eigenvalue weighted by Crippen LogP contribution is -2.35. The molecule has 1 aliphatic rings. The van der Waals surface area contributed by atoms with Crippen molar-refractivity contribution in [2.24, 2.45) is 0 Å². The van der Waals surface area contributed by atoms with Gasteiger partial charge in [-0.3, -0.25) is 5.32 Å². The molecular formula is C13H13N5. The Morgan fingerprint density at radius 1 is 1.17 bits per heavy atom. The summed E-state index contributed by atoms with van der Waals surface area (Å²) in [5.41, 5.74) is 3.74. The van der Waals surface area contributed by atoms with Gasteiger partial charge in [0.15, 0.2) is 6.17 Å². The summed E-state index contributed by atoms with van der Waals surface area (Å²) in [4.78, 5) is 5.21. The minimum Gasteiger partial charge on any atom is -0.355 e. The SMILES string of the molecule is c1ccc2c3c([nH]c2c1)C(n1nccn1)NCC3. The molecule has 0 aliphatic carbocycles. The zero-order chi connectivity index (χ0) is 11.9. The predicted octanol–water partition coefficient (Wildman–Crippen LogP) is 1.45. The zero-order valence-corrected chi connectivity index (χ0v) is 9.80. The summed E-state index contributed by atoms with van der Waals surface area (Å²) < 4.78 is 0. The molecule has 1 atom stereocenters. The third-order valence-electron chi connectivity index (χ3n) is 3.50. The summed E-state index contributed by atoms with van der Waals surface area (Å²) in [5, 5.41) is 13.2. The van der Waals surface area contributed by atoms with Gasteiger partial charge in [0, 0.05) is 17.4 Å². The van der Waals surface area contributed by atoms with Gasteiger partial charge < -0.3 is 4.98 Å². The number of nitrogens with one attached hydrogen (secondary N) is 2. The maximum atomic E-state index is 4.23. The van der Waals surface area contributed by atoms with Crippen molar-refractivity contribution in [2.75, 3.05) is 6.54 Å². The molecule has 90 valence electrons. The van der Waals surface area contributed by atoms with Crippen molar-refractivity contribution in [3.8, 4) is 0 Å². The number of nitrogens with zero attached hydrogens (tertiary/aromatic N) is 3. The van der Waals surface area contributed by atoms with Crippen LogP contribution in [0.2, 0.25) is 0 Å². The average molecular weight is 239 g/mol. The van der Waals surface area contributed by atoms with Gasteiger partial charge in [-0.2, -0.15) is 15.0 Å². The second kappa shape index (κ2) is 3.68. The quantitative estimate of drug-likeness (QED) is 0.675. The summed E-state index contributed by atoms with van der Waals surface area (Å²) in [6.45, 7) is 0.945. The van der Waals surface area contributed by atoms with Gasteiger partial charge in [-0.05, 0) is 18.1 Å². The third kappa shape index (κ3) is 1.31. The van der Waals surface area contributed by atoms with Crippen LogP contribution in [-0.4, -0.2) is 26.5 Å². The van der Waals surface area contributed by atoms with Crippen molar-refractivity contribution < 1.29 is 0 Å². The molecule has 4 rings (SSSR count). The third-order valence-corrected chi connectivity index (χ3v) is 3.50. The molecule has 1 aliphatic heterocycles. The van der Waals surface area contributed by atoms with Crippen molar-refractivity contribution in [2.45, 2.75) is 12.6 Å². The van der Waals surface area contributed by atoms with E-state index in [1.54, 1.807) is 17.2 Å². The molecule has 0 radical (unpaired) electrons. The fraction of sp³-hybridized carbons (Fsp3) is 0.231. The molecule has 2 aromatic heterocycles. The molecule has 0 saturated heterocycles. The minimum absolute atomic E-state index is 0.0103. The predicted molar refractivity (Wildman–Crippen MR) is 68.2 cm³/mol. The number of benzene rings is 1. The summed E-state index contributed by atoms with van der Waals surface area (Å²) >= 11 is 0. The van der Waals surface area contributed by atoms with Crippen LogP contribution in [0.5, 0.6) is 0 Å². The fourth-order valence-electron chi connectivity index (χ4n) is 2.72. The number of aromatic amines is 1. The van der Waals surface area contributed by atoms with E-state index in [2.05, 4.69) is 44.8 Å². The number of fused-ring (bicyclic) bond motifs is 3. The van der Waals surface area contributed by atoms with Crippen LogP contribution in [0.3, 0.4) is 0 Å². The maximum absolute atomic E-state index is 4.23. The fourth-order valence-corrected chi connectivity index (χ4v) is 2.72. The molecule has 2 N–H and O–H groups in total. The number of para-hydroxylation sites is 1. The Labute approximate surface area is 104 Å². The lowest BCUT2D eigenvalue weighted by molar-refractivity contribution is 0.365. The van der Waals surface area contributed by atoms with Crippen LogP contribution in [0.25, 0.3) is 10.9 Å². The highest BCUT2D eigenvalue weighted by atomic mass is 15.5. The lowest BCUT2D eigenvalue weighted by atomic mass is 10.0. The van der Waals surface area contributed by atoms with Gasteiger partial charge in [-0.25, -0.2) is 0 Å². The molecule has 3 heterocycles. The second-order valence-electron chi connectivity index (χ2n) is 4.52. The molecule has 0 amide bonds. The Bertz CT molecular complexity index is 683. The Morgan fingerprint density at radius 2 is 2.00 bits per heavy atom. The molecule has 1 aromatic carbocycles. The van der Waals surface area contributed by atoms with Crippen molar-refractivity contribution in [1.82, 2.24) is 25.3 Å². The van der Waals surface area contributed by atoms with E-state index in [-0.39, 0.29) is 6.17 Å². The van der Waals surface area contributed by atoms with Crippen molar-refractivity contribution in [3.05, 3.63) is 47.9 Å². The number of H-pyrrole nitrogens is 1. The van der Waals surface area contributed by atoms with E-state index < -0.39 is 0 Å². The molecular weight excluding hydrogens is 226 g/mol. The van der Waals surface area contributed by atoms with Gasteiger partial charge in [-0.1, -0.05) is 18.2 Å². The zero-order valence-electron chi connectivity index (χ0n) is 9.80. The van der Waals surface area contributed by atoms with E-state index in [0.717, 1.165) is 13.0 Å². The smallest absolute Gasteiger partial charge is 0.162 e. The van der Waals surface area contributed by atoms with Crippen LogP contribution in [0.1, 0.15) is 17.4 Å². The number of aromatic nitrogens is 4. The first-order chi connectivity index (χ1) is 8.93. The van der Waals surface area contributed by atoms with Crippen molar-refractivity contribution >= 4 is 10.9 Å². The standard InChI is InChI=1S/C13H13N5/c1-2-4-11-9(3-1)10-5-6-14-13(12(10)17-11)18-15-7-8-16-18/h1-4,7-8,13-14,17H,5-6H2. The molecule has 5 heteroatoms. The van der Waals surface area contributed by atoms with E-state index in [0.29, 0.717) is 0 Å². The Kier molecular flexibility index (Phi) is 2.01. The molecule has 5 nitrogen and oxygen atoms in total. The maximum Gasteiger partial charge on any atom is 0.162 e. The Morgan fingerprint density at radius 3 is 2.89 bits per heavy atom. The molecule has 0 saturated carbocycles. The van der Waals surface area contributed by atoms with Gasteiger partial charge in [0.05, 0.1) is 18.1 Å². The summed E-state index contributed by atoms with van der Waals surface area (Å²) in [5.74, 6) is 0. The largest absolute Gasteiger partial charge is 0.355 e. The summed E-state index contributed by atoms with van der Waals surface area (Å²) in [6, 6.07) is 8.42. The highest BCUT2D eigenvalue weighted by molar-refractivity contribution is 5.85. The van der Waals surface area contributed by atoms with Crippen LogP contribution in [0.15, 0.2) is 36.7 Å². The van der Waals surface area contributed by atoms with Crippen LogP contribution in [0.4, 0.5) is 0 Å². The second-order valence-corrected chi connectivity index (χ2v) is 4.52. The van der Waals surface area contributed by atoms with Crippen molar-refractivity contribution in [1.29, 1.82) is 0 Å². The van der Waals surface area contributed by atoms with E-state index in [1.165, 1.54) is 22.2 Å². The summed E-state index contributed by atoms with van der Waals surface area (Å²) in [6.07, 6.45) is 4.46.